The smallest absolute Gasteiger partial charge is 0.0568 e. The molecule has 128 valence electrons. The highest BCUT2D eigenvalue weighted by molar-refractivity contribution is 7.25. The first-order valence-corrected chi connectivity index (χ1v) is 10.0. The Morgan fingerprint density at radius 2 is 1.37 bits per heavy atom. The van der Waals surface area contributed by atoms with Gasteiger partial charge < -0.3 is 4.57 Å². The summed E-state index contributed by atoms with van der Waals surface area (Å²) in [5.74, 6) is 0. The fraction of sp³-hybridized carbons (Fsp3) is 0.0400. The van der Waals surface area contributed by atoms with Gasteiger partial charge in [0, 0.05) is 49.1 Å². The van der Waals surface area contributed by atoms with Crippen LogP contribution in [0.5, 0.6) is 0 Å². The minimum absolute atomic E-state index is 1.28. The van der Waals surface area contributed by atoms with E-state index in [1.165, 1.54) is 53.1 Å². The summed E-state index contributed by atoms with van der Waals surface area (Å²) in [6, 6.07) is 30.9. The van der Waals surface area contributed by atoms with Gasteiger partial charge in [0.15, 0.2) is 0 Å². The van der Waals surface area contributed by atoms with E-state index < -0.39 is 0 Å². The Labute approximate surface area is 161 Å². The minimum Gasteiger partial charge on any atom is -0.343 e. The summed E-state index contributed by atoms with van der Waals surface area (Å²) in [5.41, 5.74) is 5.16. The Kier molecular flexibility index (Phi) is 3.03. The van der Waals surface area contributed by atoms with Gasteiger partial charge in [0.25, 0.3) is 0 Å². The molecule has 0 bridgehead atoms. The minimum atomic E-state index is 1.28. The largest absolute Gasteiger partial charge is 0.343 e. The quantitative estimate of drug-likeness (QED) is 0.287. The van der Waals surface area contributed by atoms with Crippen LogP contribution in [0.4, 0.5) is 0 Å². The number of nitrogens with zero attached hydrogens (tertiary/aromatic N) is 1. The SMILES string of the molecule is Cn1c2ccccc2c2cccc(-c3ccc4c(c3)sc3ccccc34)c21. The molecule has 0 saturated carbocycles. The molecule has 0 aliphatic heterocycles. The Balaban J connectivity index is 1.69. The summed E-state index contributed by atoms with van der Waals surface area (Å²) in [6.07, 6.45) is 0. The van der Waals surface area contributed by atoms with Gasteiger partial charge in [0.1, 0.15) is 0 Å². The van der Waals surface area contributed by atoms with Crippen LogP contribution < -0.4 is 0 Å². The summed E-state index contributed by atoms with van der Waals surface area (Å²) < 4.78 is 5.03. The summed E-state index contributed by atoms with van der Waals surface area (Å²) in [7, 11) is 2.17. The molecular formula is C25H17NS. The van der Waals surface area contributed by atoms with Crippen molar-refractivity contribution in [3.63, 3.8) is 0 Å². The Bertz CT molecular complexity index is 1480. The van der Waals surface area contributed by atoms with Crippen molar-refractivity contribution in [1.29, 1.82) is 0 Å². The van der Waals surface area contributed by atoms with E-state index in [-0.39, 0.29) is 0 Å². The van der Waals surface area contributed by atoms with E-state index >= 15 is 0 Å². The first kappa shape index (κ1) is 15.0. The average molecular weight is 363 g/mol. The third kappa shape index (κ3) is 2.05. The number of aryl methyl sites for hydroxylation is 1. The molecule has 6 rings (SSSR count). The predicted molar refractivity (Wildman–Crippen MR) is 119 cm³/mol. The molecule has 0 saturated heterocycles. The molecule has 0 unspecified atom stereocenters. The van der Waals surface area contributed by atoms with Crippen LogP contribution in [-0.2, 0) is 7.05 Å². The molecule has 0 atom stereocenters. The second kappa shape index (κ2) is 5.45. The maximum Gasteiger partial charge on any atom is 0.0568 e. The lowest BCUT2D eigenvalue weighted by Crippen LogP contribution is -1.89. The fourth-order valence-electron chi connectivity index (χ4n) is 4.36. The van der Waals surface area contributed by atoms with Crippen LogP contribution in [0.25, 0.3) is 53.1 Å². The normalized spacial score (nSPS) is 11.9. The number of rotatable bonds is 1. The second-order valence-corrected chi connectivity index (χ2v) is 8.17. The lowest BCUT2D eigenvalue weighted by Gasteiger charge is -2.07. The molecule has 2 heteroatoms. The van der Waals surface area contributed by atoms with Gasteiger partial charge in [0.05, 0.1) is 5.52 Å². The number of fused-ring (bicyclic) bond motifs is 6. The van der Waals surface area contributed by atoms with Crippen molar-refractivity contribution in [2.24, 2.45) is 7.05 Å². The molecule has 0 spiro atoms. The van der Waals surface area contributed by atoms with Crippen molar-refractivity contribution in [2.45, 2.75) is 0 Å². The van der Waals surface area contributed by atoms with Crippen LogP contribution >= 0.6 is 11.3 Å². The van der Waals surface area contributed by atoms with Gasteiger partial charge in [0.2, 0.25) is 0 Å². The van der Waals surface area contributed by atoms with Crippen molar-refractivity contribution in [1.82, 2.24) is 4.57 Å². The molecule has 0 radical (unpaired) electrons. The van der Waals surface area contributed by atoms with Crippen LogP contribution in [0, 0.1) is 0 Å². The van der Waals surface area contributed by atoms with Crippen LogP contribution in [0.15, 0.2) is 84.9 Å². The molecule has 0 N–H and O–H groups in total. The highest BCUT2D eigenvalue weighted by Crippen LogP contribution is 2.39. The maximum atomic E-state index is 2.35. The standard InChI is InChI=1S/C25H17NS/c1-26-22-11-4-2-7-18(22)21-10-6-9-17(25(21)26)16-13-14-20-19-8-3-5-12-23(19)27-24(20)15-16/h2-15H,1H3. The molecule has 2 aromatic heterocycles. The van der Waals surface area contributed by atoms with Crippen LogP contribution in [0.2, 0.25) is 0 Å². The molecule has 0 aliphatic rings. The maximum absolute atomic E-state index is 2.35. The number of aromatic nitrogens is 1. The molecule has 2 heterocycles. The predicted octanol–water partition coefficient (Wildman–Crippen LogP) is 7.37. The van der Waals surface area contributed by atoms with Gasteiger partial charge in [-0.3, -0.25) is 0 Å². The molecule has 6 aromatic rings. The molecule has 4 aromatic carbocycles. The number of thiophene rings is 1. The zero-order valence-corrected chi connectivity index (χ0v) is 15.8. The molecule has 0 fully saturated rings. The summed E-state index contributed by atoms with van der Waals surface area (Å²) >= 11 is 1.88. The van der Waals surface area contributed by atoms with Crippen LogP contribution in [0.3, 0.4) is 0 Å². The van der Waals surface area contributed by atoms with Crippen LogP contribution in [0.1, 0.15) is 0 Å². The molecule has 27 heavy (non-hydrogen) atoms. The van der Waals surface area contributed by atoms with E-state index in [4.69, 9.17) is 0 Å². The Morgan fingerprint density at radius 3 is 2.30 bits per heavy atom. The van der Waals surface area contributed by atoms with Gasteiger partial charge >= 0.3 is 0 Å². The van der Waals surface area contributed by atoms with Crippen molar-refractivity contribution in [3.05, 3.63) is 84.9 Å². The van der Waals surface area contributed by atoms with E-state index in [9.17, 15) is 0 Å². The van der Waals surface area contributed by atoms with E-state index in [1.807, 2.05) is 11.3 Å². The van der Waals surface area contributed by atoms with E-state index in [2.05, 4.69) is 96.5 Å². The van der Waals surface area contributed by atoms with Gasteiger partial charge in [-0.15, -0.1) is 11.3 Å². The number of benzene rings is 4. The fourth-order valence-corrected chi connectivity index (χ4v) is 5.51. The Morgan fingerprint density at radius 1 is 0.630 bits per heavy atom. The lowest BCUT2D eigenvalue weighted by atomic mass is 10.0. The number of para-hydroxylation sites is 2. The Hall–Kier alpha value is -3.10. The number of hydrogen-bond acceptors (Lipinski definition) is 1. The van der Waals surface area contributed by atoms with Gasteiger partial charge in [-0.1, -0.05) is 66.7 Å². The zero-order valence-electron chi connectivity index (χ0n) is 14.9. The number of hydrogen-bond donors (Lipinski definition) is 0. The van der Waals surface area contributed by atoms with Gasteiger partial charge in [-0.25, -0.2) is 0 Å². The van der Waals surface area contributed by atoms with Crippen LogP contribution in [-0.4, -0.2) is 4.57 Å². The molecule has 0 aliphatic carbocycles. The summed E-state index contributed by atoms with van der Waals surface area (Å²) in [6.45, 7) is 0. The van der Waals surface area contributed by atoms with Crippen molar-refractivity contribution in [3.8, 4) is 11.1 Å². The first-order chi connectivity index (χ1) is 13.3. The lowest BCUT2D eigenvalue weighted by molar-refractivity contribution is 1.02. The highest BCUT2D eigenvalue weighted by atomic mass is 32.1. The highest BCUT2D eigenvalue weighted by Gasteiger charge is 2.13. The average Bonchev–Trinajstić information content (AvgIpc) is 3.24. The molecular weight excluding hydrogens is 346 g/mol. The summed E-state index contributed by atoms with van der Waals surface area (Å²) in [4.78, 5) is 0. The van der Waals surface area contributed by atoms with E-state index in [0.717, 1.165) is 0 Å². The third-order valence-corrected chi connectivity index (χ3v) is 6.75. The van der Waals surface area contributed by atoms with Crippen molar-refractivity contribution in [2.75, 3.05) is 0 Å². The zero-order chi connectivity index (χ0) is 18.0. The topological polar surface area (TPSA) is 4.93 Å². The van der Waals surface area contributed by atoms with Crippen molar-refractivity contribution < 1.29 is 0 Å². The second-order valence-electron chi connectivity index (χ2n) is 7.09. The monoisotopic (exact) mass is 363 g/mol. The third-order valence-electron chi connectivity index (χ3n) is 5.62. The van der Waals surface area contributed by atoms with Gasteiger partial charge in [-0.05, 0) is 23.8 Å². The van der Waals surface area contributed by atoms with Crippen molar-refractivity contribution >= 4 is 53.3 Å². The summed E-state index contributed by atoms with van der Waals surface area (Å²) in [5, 5.41) is 5.34. The van der Waals surface area contributed by atoms with E-state index in [0.29, 0.717) is 0 Å². The van der Waals surface area contributed by atoms with Gasteiger partial charge in [-0.2, -0.15) is 0 Å². The van der Waals surface area contributed by atoms with E-state index in [1.54, 1.807) is 0 Å². The molecule has 1 nitrogen and oxygen atoms in total. The molecule has 0 amide bonds. The first-order valence-electron chi connectivity index (χ1n) is 9.19.